The molecule has 0 aliphatic carbocycles. The van der Waals surface area contributed by atoms with E-state index in [0.717, 1.165) is 36.8 Å². The summed E-state index contributed by atoms with van der Waals surface area (Å²) in [6, 6.07) is 0. The highest BCUT2D eigenvalue weighted by Gasteiger charge is 2.22. The highest BCUT2D eigenvalue weighted by atomic mass is 32.1. The first kappa shape index (κ1) is 10.7. The number of thiazole rings is 1. The van der Waals surface area contributed by atoms with Crippen LogP contribution in [-0.2, 0) is 0 Å². The topological polar surface area (TPSA) is 40.8 Å². The SMILES string of the molecule is CN1CCN(C(=O)c2csc3nccn23)CC1. The van der Waals surface area contributed by atoms with E-state index < -0.39 is 0 Å². The Morgan fingerprint density at radius 3 is 2.88 bits per heavy atom. The summed E-state index contributed by atoms with van der Waals surface area (Å²) in [5.41, 5.74) is 0.729. The van der Waals surface area contributed by atoms with Gasteiger partial charge in [0.05, 0.1) is 0 Å². The van der Waals surface area contributed by atoms with E-state index in [1.807, 2.05) is 20.9 Å². The fraction of sp³-hybridized carbons (Fsp3) is 0.455. The summed E-state index contributed by atoms with van der Waals surface area (Å²) in [5.74, 6) is 0.113. The van der Waals surface area contributed by atoms with E-state index in [9.17, 15) is 4.79 Å². The fourth-order valence-electron chi connectivity index (χ4n) is 2.05. The number of nitrogens with zero attached hydrogens (tertiary/aromatic N) is 4. The van der Waals surface area contributed by atoms with Gasteiger partial charge >= 0.3 is 0 Å². The van der Waals surface area contributed by atoms with Crippen LogP contribution in [0, 0.1) is 0 Å². The lowest BCUT2D eigenvalue weighted by Gasteiger charge is -2.32. The third-order valence-corrected chi connectivity index (χ3v) is 4.01. The van der Waals surface area contributed by atoms with Crippen molar-refractivity contribution in [2.45, 2.75) is 0 Å². The minimum absolute atomic E-state index is 0.113. The van der Waals surface area contributed by atoms with Crippen LogP contribution in [0.3, 0.4) is 0 Å². The van der Waals surface area contributed by atoms with E-state index in [1.54, 1.807) is 6.20 Å². The van der Waals surface area contributed by atoms with Crippen molar-refractivity contribution in [3.05, 3.63) is 23.5 Å². The van der Waals surface area contributed by atoms with Gasteiger partial charge in [-0.05, 0) is 7.05 Å². The summed E-state index contributed by atoms with van der Waals surface area (Å²) in [6.45, 7) is 3.51. The molecule has 3 rings (SSSR count). The molecule has 90 valence electrons. The highest BCUT2D eigenvalue weighted by molar-refractivity contribution is 7.15. The number of carbonyl (C=O) groups excluding carboxylic acids is 1. The summed E-state index contributed by atoms with van der Waals surface area (Å²) in [4.78, 5) is 21.6. The normalized spacial score (nSPS) is 17.8. The monoisotopic (exact) mass is 250 g/mol. The third-order valence-electron chi connectivity index (χ3n) is 3.15. The number of fused-ring (bicyclic) bond motifs is 1. The predicted molar refractivity (Wildman–Crippen MR) is 66.5 cm³/mol. The van der Waals surface area contributed by atoms with Gasteiger partial charge in [0.1, 0.15) is 5.69 Å². The Labute approximate surface area is 103 Å². The van der Waals surface area contributed by atoms with Crippen molar-refractivity contribution < 1.29 is 4.79 Å². The standard InChI is InChI=1S/C11H14N4OS/c1-13-4-6-14(7-5-13)10(16)9-8-17-11-12-2-3-15(9)11/h2-3,8H,4-7H2,1H3. The Bertz CT molecular complexity index is 538. The van der Waals surface area contributed by atoms with Crippen LogP contribution in [0.1, 0.15) is 10.5 Å². The van der Waals surface area contributed by atoms with Crippen molar-refractivity contribution in [3.63, 3.8) is 0 Å². The first-order valence-electron chi connectivity index (χ1n) is 5.64. The molecule has 5 nitrogen and oxygen atoms in total. The minimum Gasteiger partial charge on any atom is -0.335 e. The number of rotatable bonds is 1. The lowest BCUT2D eigenvalue weighted by Crippen LogP contribution is -2.47. The molecule has 1 amide bonds. The quantitative estimate of drug-likeness (QED) is 0.751. The van der Waals surface area contributed by atoms with E-state index in [0.29, 0.717) is 0 Å². The zero-order valence-electron chi connectivity index (χ0n) is 9.67. The summed E-state index contributed by atoms with van der Waals surface area (Å²) in [5, 5.41) is 1.89. The summed E-state index contributed by atoms with van der Waals surface area (Å²) < 4.78 is 1.87. The van der Waals surface area contributed by atoms with Crippen molar-refractivity contribution in [2.75, 3.05) is 33.2 Å². The molecule has 1 aliphatic heterocycles. The predicted octanol–water partition coefficient (Wildman–Crippen LogP) is 0.783. The Morgan fingerprint density at radius 1 is 1.35 bits per heavy atom. The number of piperazine rings is 1. The largest absolute Gasteiger partial charge is 0.335 e. The number of imidazole rings is 1. The molecule has 2 aromatic heterocycles. The van der Waals surface area contributed by atoms with Crippen LogP contribution < -0.4 is 0 Å². The van der Waals surface area contributed by atoms with Gasteiger partial charge in [-0.1, -0.05) is 0 Å². The molecule has 2 aromatic rings. The second kappa shape index (κ2) is 4.12. The molecule has 1 saturated heterocycles. The van der Waals surface area contributed by atoms with Gasteiger partial charge in [0.15, 0.2) is 4.96 Å². The maximum atomic E-state index is 12.3. The Morgan fingerprint density at radius 2 is 2.12 bits per heavy atom. The van der Waals surface area contributed by atoms with Crippen LogP contribution in [0.4, 0.5) is 0 Å². The molecule has 0 N–H and O–H groups in total. The Kier molecular flexibility index (Phi) is 2.60. The molecule has 1 fully saturated rings. The smallest absolute Gasteiger partial charge is 0.271 e. The second-order valence-electron chi connectivity index (χ2n) is 4.30. The number of likely N-dealkylation sites (N-methyl/N-ethyl adjacent to an activating group) is 1. The van der Waals surface area contributed by atoms with E-state index >= 15 is 0 Å². The summed E-state index contributed by atoms with van der Waals surface area (Å²) >= 11 is 1.51. The van der Waals surface area contributed by atoms with Crippen molar-refractivity contribution in [3.8, 4) is 0 Å². The lowest BCUT2D eigenvalue weighted by atomic mass is 10.3. The van der Waals surface area contributed by atoms with E-state index in [2.05, 4.69) is 16.9 Å². The van der Waals surface area contributed by atoms with Gasteiger partial charge in [-0.2, -0.15) is 0 Å². The van der Waals surface area contributed by atoms with Gasteiger partial charge < -0.3 is 9.80 Å². The zero-order valence-corrected chi connectivity index (χ0v) is 10.5. The van der Waals surface area contributed by atoms with Gasteiger partial charge in [0.25, 0.3) is 5.91 Å². The Hall–Kier alpha value is -1.40. The first-order chi connectivity index (χ1) is 8.25. The average Bonchev–Trinajstić information content (AvgIpc) is 2.90. The minimum atomic E-state index is 0.113. The fourth-order valence-corrected chi connectivity index (χ4v) is 2.88. The van der Waals surface area contributed by atoms with Crippen LogP contribution in [0.5, 0.6) is 0 Å². The number of carbonyl (C=O) groups is 1. The van der Waals surface area contributed by atoms with Gasteiger partial charge in [-0.3, -0.25) is 9.20 Å². The van der Waals surface area contributed by atoms with Crippen molar-refractivity contribution >= 4 is 22.2 Å². The molecule has 1 aliphatic rings. The first-order valence-corrected chi connectivity index (χ1v) is 6.52. The van der Waals surface area contributed by atoms with Gasteiger partial charge in [-0.25, -0.2) is 4.98 Å². The summed E-state index contributed by atoms with van der Waals surface area (Å²) in [6.07, 6.45) is 3.57. The van der Waals surface area contributed by atoms with Gasteiger partial charge in [-0.15, -0.1) is 11.3 Å². The number of hydrogen-bond acceptors (Lipinski definition) is 4. The maximum Gasteiger partial charge on any atom is 0.271 e. The third kappa shape index (κ3) is 1.83. The molecule has 0 atom stereocenters. The highest BCUT2D eigenvalue weighted by Crippen LogP contribution is 2.16. The molecule has 0 saturated carbocycles. The van der Waals surface area contributed by atoms with Crippen LogP contribution in [0.2, 0.25) is 0 Å². The van der Waals surface area contributed by atoms with Gasteiger partial charge in [0, 0.05) is 44.0 Å². The van der Waals surface area contributed by atoms with E-state index in [1.165, 1.54) is 11.3 Å². The average molecular weight is 250 g/mol. The molecule has 17 heavy (non-hydrogen) atoms. The number of aromatic nitrogens is 2. The number of hydrogen-bond donors (Lipinski definition) is 0. The summed E-state index contributed by atoms with van der Waals surface area (Å²) in [7, 11) is 2.08. The zero-order chi connectivity index (χ0) is 11.8. The van der Waals surface area contributed by atoms with Crippen LogP contribution >= 0.6 is 11.3 Å². The van der Waals surface area contributed by atoms with Crippen molar-refractivity contribution in [1.82, 2.24) is 19.2 Å². The van der Waals surface area contributed by atoms with E-state index in [-0.39, 0.29) is 5.91 Å². The molecule has 6 heteroatoms. The number of amides is 1. The maximum absolute atomic E-state index is 12.3. The molecule has 3 heterocycles. The molecule has 0 aromatic carbocycles. The van der Waals surface area contributed by atoms with Crippen LogP contribution in [-0.4, -0.2) is 58.3 Å². The molecule has 0 bridgehead atoms. The Balaban J connectivity index is 1.85. The molecular formula is C11H14N4OS. The molecular weight excluding hydrogens is 236 g/mol. The van der Waals surface area contributed by atoms with Crippen LogP contribution in [0.15, 0.2) is 17.8 Å². The molecule has 0 unspecified atom stereocenters. The van der Waals surface area contributed by atoms with E-state index in [4.69, 9.17) is 0 Å². The lowest BCUT2D eigenvalue weighted by molar-refractivity contribution is 0.0657. The molecule has 0 radical (unpaired) electrons. The second-order valence-corrected chi connectivity index (χ2v) is 5.13. The van der Waals surface area contributed by atoms with Gasteiger partial charge in [0.2, 0.25) is 0 Å². The van der Waals surface area contributed by atoms with Crippen LogP contribution in [0.25, 0.3) is 4.96 Å². The van der Waals surface area contributed by atoms with Crippen molar-refractivity contribution in [2.24, 2.45) is 0 Å². The van der Waals surface area contributed by atoms with Crippen molar-refractivity contribution in [1.29, 1.82) is 0 Å². The molecule has 0 spiro atoms.